The van der Waals surface area contributed by atoms with Crippen LogP contribution >= 0.6 is 7.82 Å². The smallest absolute Gasteiger partial charge is 0.472 e. The molecule has 0 aromatic heterocycles. The van der Waals surface area contributed by atoms with Crippen molar-refractivity contribution in [3.63, 3.8) is 0 Å². The summed E-state index contributed by atoms with van der Waals surface area (Å²) >= 11 is 0. The third kappa shape index (κ3) is 37.2. The van der Waals surface area contributed by atoms with E-state index in [1.54, 1.807) is 0 Å². The first kappa shape index (κ1) is 51.5. The van der Waals surface area contributed by atoms with Gasteiger partial charge in [-0.15, -0.1) is 0 Å². The highest BCUT2D eigenvalue weighted by Crippen LogP contribution is 2.43. The van der Waals surface area contributed by atoms with E-state index in [1.165, 1.54) is 135 Å². The number of carboxylic acids is 1. The highest BCUT2D eigenvalue weighted by Gasteiger charge is 2.28. The second-order valence-electron chi connectivity index (χ2n) is 14.8. The number of phosphoric ester groups is 1. The molecule has 0 aliphatic rings. The molecule has 3 unspecified atom stereocenters. The van der Waals surface area contributed by atoms with Crippen LogP contribution in [-0.2, 0) is 37.5 Å². The highest BCUT2D eigenvalue weighted by atomic mass is 31.2. The highest BCUT2D eigenvalue weighted by molar-refractivity contribution is 7.47. The van der Waals surface area contributed by atoms with Crippen molar-refractivity contribution in [3.05, 3.63) is 0 Å². The fraction of sp³-hybridized carbons (Fsp3) is 0.927. The molecular weight excluding hydrogens is 697 g/mol. The van der Waals surface area contributed by atoms with E-state index in [-0.39, 0.29) is 19.4 Å². The lowest BCUT2D eigenvalue weighted by atomic mass is 10.0. The molecule has 3 atom stereocenters. The molecule has 12 heteroatoms. The van der Waals surface area contributed by atoms with Crippen molar-refractivity contribution in [1.29, 1.82) is 0 Å². The third-order valence-electron chi connectivity index (χ3n) is 9.61. The van der Waals surface area contributed by atoms with Crippen LogP contribution in [0.2, 0.25) is 0 Å². The van der Waals surface area contributed by atoms with E-state index < -0.39 is 51.1 Å². The van der Waals surface area contributed by atoms with Gasteiger partial charge in [-0.1, -0.05) is 187 Å². The molecule has 11 nitrogen and oxygen atoms in total. The molecule has 0 rings (SSSR count). The van der Waals surface area contributed by atoms with Gasteiger partial charge in [0.2, 0.25) is 0 Å². The van der Waals surface area contributed by atoms with Gasteiger partial charge < -0.3 is 25.2 Å². The van der Waals surface area contributed by atoms with Crippen molar-refractivity contribution in [3.8, 4) is 0 Å². The summed E-state index contributed by atoms with van der Waals surface area (Å²) < 4.78 is 32.5. The molecule has 0 spiro atoms. The number of carbonyl (C=O) groups is 3. The molecule has 0 aliphatic heterocycles. The van der Waals surface area contributed by atoms with Crippen molar-refractivity contribution in [2.24, 2.45) is 5.73 Å². The van der Waals surface area contributed by atoms with Crippen LogP contribution in [0.25, 0.3) is 0 Å². The lowest BCUT2D eigenvalue weighted by Gasteiger charge is -2.20. The minimum atomic E-state index is -4.70. The first-order chi connectivity index (χ1) is 25.6. The van der Waals surface area contributed by atoms with E-state index in [1.807, 2.05) is 0 Å². The Bertz CT molecular complexity index is 921. The molecule has 0 radical (unpaired) electrons. The number of carbonyl (C=O) groups excluding carboxylic acids is 2. The maximum absolute atomic E-state index is 12.6. The van der Waals surface area contributed by atoms with E-state index in [9.17, 15) is 23.8 Å². The first-order valence-corrected chi connectivity index (χ1v) is 23.1. The fourth-order valence-corrected chi connectivity index (χ4v) is 6.96. The van der Waals surface area contributed by atoms with E-state index in [4.69, 9.17) is 24.8 Å². The fourth-order valence-electron chi connectivity index (χ4n) is 6.18. The van der Waals surface area contributed by atoms with E-state index in [0.29, 0.717) is 12.8 Å². The van der Waals surface area contributed by atoms with Crippen LogP contribution in [-0.4, -0.2) is 59.9 Å². The minimum absolute atomic E-state index is 0.169. The molecule has 0 fully saturated rings. The van der Waals surface area contributed by atoms with Gasteiger partial charge in [0, 0.05) is 12.8 Å². The zero-order chi connectivity index (χ0) is 39.3. The summed E-state index contributed by atoms with van der Waals surface area (Å²) in [5.74, 6) is -2.37. The Morgan fingerprint density at radius 3 is 1.19 bits per heavy atom. The second-order valence-corrected chi connectivity index (χ2v) is 16.3. The molecular formula is C41H80NO10P. The average Bonchev–Trinajstić information content (AvgIpc) is 3.13. The normalized spacial score (nSPS) is 13.7. The van der Waals surface area contributed by atoms with Gasteiger partial charge in [-0.2, -0.15) is 0 Å². The number of nitrogens with two attached hydrogens (primary N) is 1. The van der Waals surface area contributed by atoms with Crippen molar-refractivity contribution in [1.82, 2.24) is 0 Å². The SMILES string of the molecule is CCCCCCCCCCCCCCCCCCCCCCCCC(=O)OC(COC(=O)CCCCCCCCC)COP(=O)(O)OCC(N)C(=O)O. The molecule has 0 saturated heterocycles. The number of hydrogen-bond donors (Lipinski definition) is 3. The molecule has 0 aromatic rings. The summed E-state index contributed by atoms with van der Waals surface area (Å²) in [6.45, 7) is 2.77. The Morgan fingerprint density at radius 1 is 0.509 bits per heavy atom. The Kier molecular flexibility index (Phi) is 36.3. The Morgan fingerprint density at radius 2 is 0.830 bits per heavy atom. The molecule has 4 N–H and O–H groups in total. The quantitative estimate of drug-likeness (QED) is 0.0306. The van der Waals surface area contributed by atoms with Gasteiger partial charge in [-0.3, -0.25) is 23.4 Å². The standard InChI is InChI=1S/C41H80NO10P/c1-3-5-7-9-11-12-13-14-15-16-17-18-19-20-21-22-23-24-25-27-29-31-33-40(44)52-37(35-50-53(47,48)51-36-38(42)41(45)46)34-49-39(43)32-30-28-26-10-8-6-4-2/h37-38H,3-36,42H2,1-2H3,(H,45,46)(H,47,48). The predicted octanol–water partition coefficient (Wildman–Crippen LogP) is 11.1. The monoisotopic (exact) mass is 778 g/mol. The molecule has 0 amide bonds. The van der Waals surface area contributed by atoms with Gasteiger partial charge in [-0.25, -0.2) is 4.57 Å². The maximum Gasteiger partial charge on any atom is 0.472 e. The van der Waals surface area contributed by atoms with Gasteiger partial charge in [0.25, 0.3) is 0 Å². The third-order valence-corrected chi connectivity index (χ3v) is 10.6. The van der Waals surface area contributed by atoms with Gasteiger partial charge in [-0.05, 0) is 12.8 Å². The molecule has 0 aromatic carbocycles. The molecule has 0 heterocycles. The minimum Gasteiger partial charge on any atom is -0.480 e. The zero-order valence-electron chi connectivity index (χ0n) is 33.9. The van der Waals surface area contributed by atoms with Gasteiger partial charge in [0.1, 0.15) is 12.6 Å². The van der Waals surface area contributed by atoms with Crippen molar-refractivity contribution in [2.75, 3.05) is 19.8 Å². The number of unbranched alkanes of at least 4 members (excludes halogenated alkanes) is 27. The van der Waals surface area contributed by atoms with Crippen LogP contribution in [0.5, 0.6) is 0 Å². The summed E-state index contributed by atoms with van der Waals surface area (Å²) in [5.41, 5.74) is 5.32. The van der Waals surface area contributed by atoms with Crippen LogP contribution in [0.1, 0.15) is 213 Å². The van der Waals surface area contributed by atoms with Crippen LogP contribution in [0.3, 0.4) is 0 Å². The van der Waals surface area contributed by atoms with Crippen LogP contribution in [0.15, 0.2) is 0 Å². The second kappa shape index (κ2) is 37.4. The Labute approximate surface area is 323 Å². The summed E-state index contributed by atoms with van der Waals surface area (Å²) in [7, 11) is -4.70. The topological polar surface area (TPSA) is 172 Å². The summed E-state index contributed by atoms with van der Waals surface area (Å²) in [4.78, 5) is 45.7. The largest absolute Gasteiger partial charge is 0.480 e. The van der Waals surface area contributed by atoms with Gasteiger partial charge in [0.05, 0.1) is 13.2 Å². The van der Waals surface area contributed by atoms with Crippen LogP contribution < -0.4 is 5.73 Å². The average molecular weight is 778 g/mol. The molecule has 314 valence electrons. The van der Waals surface area contributed by atoms with Gasteiger partial charge >= 0.3 is 25.7 Å². The molecule has 53 heavy (non-hydrogen) atoms. The van der Waals surface area contributed by atoms with Gasteiger partial charge in [0.15, 0.2) is 6.10 Å². The summed E-state index contributed by atoms with van der Waals surface area (Å²) in [6.07, 6.45) is 34.9. The molecule has 0 aliphatic carbocycles. The maximum atomic E-state index is 12.6. The molecule has 0 saturated carbocycles. The summed E-state index contributed by atoms with van der Waals surface area (Å²) in [5, 5.41) is 8.86. The van der Waals surface area contributed by atoms with Crippen LogP contribution in [0, 0.1) is 0 Å². The summed E-state index contributed by atoms with van der Waals surface area (Å²) in [6, 6.07) is -1.51. The predicted molar refractivity (Wildman–Crippen MR) is 213 cm³/mol. The molecule has 0 bridgehead atoms. The first-order valence-electron chi connectivity index (χ1n) is 21.6. The Hall–Kier alpha value is -1.52. The Balaban J connectivity index is 4.13. The number of carboxylic acid groups (broad SMARTS) is 1. The van der Waals surface area contributed by atoms with E-state index in [0.717, 1.165) is 38.5 Å². The van der Waals surface area contributed by atoms with Crippen LogP contribution in [0.4, 0.5) is 0 Å². The number of esters is 2. The van der Waals surface area contributed by atoms with E-state index in [2.05, 4.69) is 18.4 Å². The number of aliphatic carboxylic acids is 1. The number of phosphoric acid groups is 1. The number of rotatable bonds is 41. The zero-order valence-corrected chi connectivity index (χ0v) is 34.8. The number of ether oxygens (including phenoxy) is 2. The lowest BCUT2D eigenvalue weighted by molar-refractivity contribution is -0.161. The van der Waals surface area contributed by atoms with E-state index >= 15 is 0 Å². The van der Waals surface area contributed by atoms with Crippen molar-refractivity contribution in [2.45, 2.75) is 225 Å². The van der Waals surface area contributed by atoms with Crippen molar-refractivity contribution < 1.29 is 47.5 Å². The van der Waals surface area contributed by atoms with Crippen molar-refractivity contribution >= 4 is 25.7 Å². The lowest BCUT2D eigenvalue weighted by Crippen LogP contribution is -2.34. The number of hydrogen-bond acceptors (Lipinski definition) is 9.